The second-order valence-electron chi connectivity index (χ2n) is 10.1. The first kappa shape index (κ1) is 19.2. The minimum Gasteiger partial charge on any atom is -0.334 e. The fraction of sp³-hybridized carbons (Fsp3) is 0.560. The predicted octanol–water partition coefficient (Wildman–Crippen LogP) is 2.49. The minimum absolute atomic E-state index is 0.00402. The van der Waals surface area contributed by atoms with Gasteiger partial charge in [0, 0.05) is 38.0 Å². The van der Waals surface area contributed by atoms with Crippen LogP contribution in [0.15, 0.2) is 35.1 Å². The van der Waals surface area contributed by atoms with Crippen molar-refractivity contribution in [2.45, 2.75) is 51.6 Å². The number of benzene rings is 1. The molecule has 0 unspecified atom stereocenters. The van der Waals surface area contributed by atoms with E-state index in [0.29, 0.717) is 25.1 Å². The molecule has 162 valence electrons. The summed E-state index contributed by atoms with van der Waals surface area (Å²) in [6.07, 6.45) is 6.72. The second-order valence-corrected chi connectivity index (χ2v) is 10.1. The van der Waals surface area contributed by atoms with Gasteiger partial charge in [-0.2, -0.15) is 0 Å². The minimum atomic E-state index is -0.00402. The third kappa shape index (κ3) is 3.51. The maximum absolute atomic E-state index is 13.4. The fourth-order valence-corrected chi connectivity index (χ4v) is 5.74. The van der Waals surface area contributed by atoms with Crippen LogP contribution in [0.1, 0.15) is 53.1 Å². The molecule has 0 atom stereocenters. The van der Waals surface area contributed by atoms with Crippen molar-refractivity contribution >= 4 is 5.91 Å². The number of carbonyl (C=O) groups excluding carboxylic acids is 1. The van der Waals surface area contributed by atoms with Crippen molar-refractivity contribution in [3.8, 4) is 0 Å². The number of aromatic nitrogens is 2. The Balaban J connectivity index is 1.21. The summed E-state index contributed by atoms with van der Waals surface area (Å²) in [6.45, 7) is 5.36. The Labute approximate surface area is 182 Å². The fourth-order valence-electron chi connectivity index (χ4n) is 5.74. The molecule has 31 heavy (non-hydrogen) atoms. The zero-order valence-electron chi connectivity index (χ0n) is 18.1. The number of nitrogens with zero attached hydrogens (tertiary/aromatic N) is 4. The summed E-state index contributed by atoms with van der Waals surface area (Å²) in [5.41, 5.74) is 2.60. The highest BCUT2D eigenvalue weighted by atomic mass is 16.2. The number of amides is 1. The lowest BCUT2D eigenvalue weighted by Gasteiger charge is -2.38. The summed E-state index contributed by atoms with van der Waals surface area (Å²) >= 11 is 0. The van der Waals surface area contributed by atoms with E-state index in [-0.39, 0.29) is 16.9 Å². The maximum Gasteiger partial charge on any atom is 0.258 e. The van der Waals surface area contributed by atoms with E-state index in [1.807, 2.05) is 34.9 Å². The van der Waals surface area contributed by atoms with Crippen LogP contribution in [0, 0.1) is 11.3 Å². The van der Waals surface area contributed by atoms with Crippen molar-refractivity contribution in [3.63, 3.8) is 0 Å². The molecule has 2 aromatic rings. The Kier molecular flexibility index (Phi) is 4.53. The van der Waals surface area contributed by atoms with E-state index in [0.717, 1.165) is 61.9 Å². The molecular weight excluding hydrogens is 388 g/mol. The molecule has 1 aliphatic carbocycles. The SMILES string of the molecule is O=C(c1ccccc1)N1CCc2nc3n(c(=O)c2C1)CC1(CCN(CC2CC2)CC1)C3. The molecule has 6 rings (SSSR count). The van der Waals surface area contributed by atoms with Crippen LogP contribution in [0.4, 0.5) is 0 Å². The number of fused-ring (bicyclic) bond motifs is 2. The van der Waals surface area contributed by atoms with Gasteiger partial charge in [-0.3, -0.25) is 14.2 Å². The standard InChI is InChI=1S/C25H30N4O2/c30-23(19-4-2-1-3-5-19)28-11-8-21-20(16-28)24(31)29-17-25(14-22(29)26-21)9-12-27(13-10-25)15-18-6-7-18/h1-5,18H,6-17H2. The summed E-state index contributed by atoms with van der Waals surface area (Å²) < 4.78 is 1.94. The average molecular weight is 419 g/mol. The molecular formula is C25H30N4O2. The van der Waals surface area contributed by atoms with Gasteiger partial charge in [-0.25, -0.2) is 4.98 Å². The van der Waals surface area contributed by atoms with Crippen molar-refractivity contribution in [2.75, 3.05) is 26.2 Å². The van der Waals surface area contributed by atoms with E-state index < -0.39 is 0 Å². The maximum atomic E-state index is 13.4. The summed E-state index contributed by atoms with van der Waals surface area (Å²) in [5, 5.41) is 0. The predicted molar refractivity (Wildman–Crippen MR) is 118 cm³/mol. The van der Waals surface area contributed by atoms with E-state index in [4.69, 9.17) is 4.98 Å². The molecule has 1 amide bonds. The molecule has 1 aromatic heterocycles. The van der Waals surface area contributed by atoms with Gasteiger partial charge in [0.15, 0.2) is 0 Å². The van der Waals surface area contributed by atoms with Crippen molar-refractivity contribution < 1.29 is 4.79 Å². The molecule has 1 spiro atoms. The zero-order chi connectivity index (χ0) is 21.0. The third-order valence-corrected chi connectivity index (χ3v) is 7.86. The van der Waals surface area contributed by atoms with Crippen LogP contribution in [0.25, 0.3) is 0 Å². The van der Waals surface area contributed by atoms with Crippen LogP contribution in [0.2, 0.25) is 0 Å². The van der Waals surface area contributed by atoms with Gasteiger partial charge in [0.1, 0.15) is 5.82 Å². The van der Waals surface area contributed by atoms with Gasteiger partial charge < -0.3 is 9.80 Å². The van der Waals surface area contributed by atoms with Crippen LogP contribution < -0.4 is 5.56 Å². The Morgan fingerprint density at radius 2 is 1.87 bits per heavy atom. The van der Waals surface area contributed by atoms with E-state index in [9.17, 15) is 9.59 Å². The third-order valence-electron chi connectivity index (χ3n) is 7.86. The molecule has 0 N–H and O–H groups in total. The number of hydrogen-bond donors (Lipinski definition) is 0. The molecule has 4 heterocycles. The summed E-state index contributed by atoms with van der Waals surface area (Å²) in [4.78, 5) is 35.7. The quantitative estimate of drug-likeness (QED) is 0.769. The van der Waals surface area contributed by atoms with Gasteiger partial charge >= 0.3 is 0 Å². The van der Waals surface area contributed by atoms with Crippen LogP contribution in [0.3, 0.4) is 0 Å². The monoisotopic (exact) mass is 418 g/mol. The molecule has 0 bridgehead atoms. The number of piperidine rings is 1. The van der Waals surface area contributed by atoms with Crippen molar-refractivity contribution in [1.29, 1.82) is 0 Å². The number of likely N-dealkylation sites (tertiary alicyclic amines) is 1. The van der Waals surface area contributed by atoms with Gasteiger partial charge in [-0.1, -0.05) is 18.2 Å². The van der Waals surface area contributed by atoms with Gasteiger partial charge in [0.2, 0.25) is 0 Å². The number of rotatable bonds is 3. The summed E-state index contributed by atoms with van der Waals surface area (Å²) in [6, 6.07) is 9.35. The first-order valence-corrected chi connectivity index (χ1v) is 11.8. The van der Waals surface area contributed by atoms with Crippen LogP contribution in [0.5, 0.6) is 0 Å². The van der Waals surface area contributed by atoms with E-state index in [1.165, 1.54) is 19.4 Å². The topological polar surface area (TPSA) is 58.4 Å². The molecule has 6 nitrogen and oxygen atoms in total. The molecule has 1 aromatic carbocycles. The van der Waals surface area contributed by atoms with Crippen molar-refractivity contribution in [2.24, 2.45) is 11.3 Å². The smallest absolute Gasteiger partial charge is 0.258 e. The van der Waals surface area contributed by atoms with Crippen molar-refractivity contribution in [3.05, 3.63) is 63.3 Å². The Bertz CT molecular complexity index is 1060. The van der Waals surface area contributed by atoms with Crippen LogP contribution >= 0.6 is 0 Å². The van der Waals surface area contributed by atoms with Gasteiger partial charge in [-0.15, -0.1) is 0 Å². The highest BCUT2D eigenvalue weighted by molar-refractivity contribution is 5.94. The Morgan fingerprint density at radius 1 is 1.10 bits per heavy atom. The average Bonchev–Trinajstić information content (AvgIpc) is 3.55. The lowest BCUT2D eigenvalue weighted by atomic mass is 9.77. The van der Waals surface area contributed by atoms with Crippen LogP contribution in [-0.2, 0) is 25.9 Å². The second kappa shape index (κ2) is 7.30. The molecule has 0 radical (unpaired) electrons. The van der Waals surface area contributed by atoms with Crippen molar-refractivity contribution in [1.82, 2.24) is 19.4 Å². The Hall–Kier alpha value is -2.47. The highest BCUT2D eigenvalue weighted by Crippen LogP contribution is 2.41. The van der Waals surface area contributed by atoms with Gasteiger partial charge in [0.05, 0.1) is 17.8 Å². The van der Waals surface area contributed by atoms with E-state index >= 15 is 0 Å². The molecule has 3 aliphatic heterocycles. The zero-order valence-corrected chi connectivity index (χ0v) is 18.1. The molecule has 2 fully saturated rings. The lowest BCUT2D eigenvalue weighted by Crippen LogP contribution is -2.43. The summed E-state index contributed by atoms with van der Waals surface area (Å²) in [5.74, 6) is 1.91. The summed E-state index contributed by atoms with van der Waals surface area (Å²) in [7, 11) is 0. The molecule has 6 heteroatoms. The van der Waals surface area contributed by atoms with Gasteiger partial charge in [0.25, 0.3) is 11.5 Å². The molecule has 1 saturated carbocycles. The normalized spacial score (nSPS) is 22.4. The highest BCUT2D eigenvalue weighted by Gasteiger charge is 2.43. The molecule has 4 aliphatic rings. The van der Waals surface area contributed by atoms with E-state index in [1.54, 1.807) is 4.90 Å². The first-order valence-electron chi connectivity index (χ1n) is 11.8. The lowest BCUT2D eigenvalue weighted by molar-refractivity contribution is 0.0731. The largest absolute Gasteiger partial charge is 0.334 e. The van der Waals surface area contributed by atoms with Crippen LogP contribution in [-0.4, -0.2) is 51.4 Å². The van der Waals surface area contributed by atoms with Gasteiger partial charge in [-0.05, 0) is 62.2 Å². The number of carbonyl (C=O) groups is 1. The van der Waals surface area contributed by atoms with E-state index in [2.05, 4.69) is 4.90 Å². The molecule has 1 saturated heterocycles. The Morgan fingerprint density at radius 3 is 2.61 bits per heavy atom. The first-order chi connectivity index (χ1) is 15.1. The number of hydrogen-bond acceptors (Lipinski definition) is 4.